The average Bonchev–Trinajstić information content (AvgIpc) is 2.44. The second kappa shape index (κ2) is 5.96. The van der Waals surface area contributed by atoms with Crippen LogP contribution in [0.2, 0.25) is 0 Å². The summed E-state index contributed by atoms with van der Waals surface area (Å²) in [7, 11) is 0. The van der Waals surface area contributed by atoms with Crippen molar-refractivity contribution in [3.63, 3.8) is 0 Å². The molecule has 0 aliphatic carbocycles. The van der Waals surface area contributed by atoms with Crippen LogP contribution in [-0.2, 0) is 6.42 Å². The van der Waals surface area contributed by atoms with Gasteiger partial charge in [-0.15, -0.1) is 0 Å². The molecule has 0 radical (unpaired) electrons. The molecule has 1 unspecified atom stereocenters. The van der Waals surface area contributed by atoms with Gasteiger partial charge in [0.05, 0.1) is 6.61 Å². The monoisotopic (exact) mass is 261 g/mol. The van der Waals surface area contributed by atoms with Crippen LogP contribution < -0.4 is 4.90 Å². The Hall–Kier alpha value is -1.02. The first-order valence-corrected chi connectivity index (χ1v) is 7.58. The van der Waals surface area contributed by atoms with E-state index < -0.39 is 0 Å². The van der Waals surface area contributed by atoms with Crippen LogP contribution in [0, 0.1) is 11.3 Å². The fourth-order valence-electron chi connectivity index (χ4n) is 3.21. The second-order valence-corrected chi connectivity index (χ2v) is 6.18. The third kappa shape index (κ3) is 2.94. The third-order valence-electron chi connectivity index (χ3n) is 4.79. The van der Waals surface area contributed by atoms with Gasteiger partial charge >= 0.3 is 0 Å². The lowest BCUT2D eigenvalue weighted by Gasteiger charge is -2.41. The van der Waals surface area contributed by atoms with Crippen molar-refractivity contribution in [2.45, 2.75) is 40.0 Å². The van der Waals surface area contributed by atoms with Gasteiger partial charge in [0.2, 0.25) is 0 Å². The van der Waals surface area contributed by atoms with E-state index in [1.807, 2.05) is 0 Å². The molecule has 1 heterocycles. The standard InChI is InChI=1S/C17H27NO/c1-4-17(5-2,13-19)12-18-11-14(3)10-15-8-6-7-9-16(15)18/h6-9,14,19H,4-5,10-13H2,1-3H3. The van der Waals surface area contributed by atoms with Gasteiger partial charge in [-0.25, -0.2) is 0 Å². The number of hydrogen-bond donors (Lipinski definition) is 1. The molecule has 1 atom stereocenters. The summed E-state index contributed by atoms with van der Waals surface area (Å²) in [5, 5.41) is 9.79. The number of nitrogens with zero attached hydrogens (tertiary/aromatic N) is 1. The Morgan fingerprint density at radius 3 is 2.58 bits per heavy atom. The van der Waals surface area contributed by atoms with Crippen molar-refractivity contribution < 1.29 is 5.11 Å². The number of hydrogen-bond acceptors (Lipinski definition) is 2. The Balaban J connectivity index is 2.25. The van der Waals surface area contributed by atoms with Crippen LogP contribution in [0.5, 0.6) is 0 Å². The Morgan fingerprint density at radius 2 is 1.95 bits per heavy atom. The van der Waals surface area contributed by atoms with Crippen LogP contribution in [0.3, 0.4) is 0 Å². The second-order valence-electron chi connectivity index (χ2n) is 6.18. The first-order chi connectivity index (χ1) is 9.14. The van der Waals surface area contributed by atoms with Crippen molar-refractivity contribution in [1.82, 2.24) is 0 Å². The lowest BCUT2D eigenvalue weighted by atomic mass is 9.81. The van der Waals surface area contributed by atoms with E-state index in [2.05, 4.69) is 49.9 Å². The van der Waals surface area contributed by atoms with Crippen LogP contribution in [0.1, 0.15) is 39.2 Å². The molecule has 1 aromatic carbocycles. The molecule has 1 N–H and O–H groups in total. The number of aliphatic hydroxyl groups excluding tert-OH is 1. The van der Waals surface area contributed by atoms with Gasteiger partial charge in [-0.3, -0.25) is 0 Å². The van der Waals surface area contributed by atoms with Gasteiger partial charge in [-0.05, 0) is 36.8 Å². The van der Waals surface area contributed by atoms with Crippen LogP contribution in [-0.4, -0.2) is 24.8 Å². The van der Waals surface area contributed by atoms with Crippen molar-refractivity contribution in [2.75, 3.05) is 24.6 Å². The summed E-state index contributed by atoms with van der Waals surface area (Å²) in [5.74, 6) is 0.694. The summed E-state index contributed by atoms with van der Waals surface area (Å²) in [6, 6.07) is 8.74. The molecule has 2 rings (SSSR count). The smallest absolute Gasteiger partial charge is 0.0504 e. The highest BCUT2D eigenvalue weighted by Gasteiger charge is 2.31. The maximum Gasteiger partial charge on any atom is 0.0504 e. The minimum atomic E-state index is 0.0458. The molecule has 19 heavy (non-hydrogen) atoms. The van der Waals surface area contributed by atoms with E-state index in [9.17, 15) is 5.11 Å². The van der Waals surface area contributed by atoms with E-state index >= 15 is 0 Å². The van der Waals surface area contributed by atoms with E-state index in [0.29, 0.717) is 5.92 Å². The van der Waals surface area contributed by atoms with Crippen LogP contribution in [0.15, 0.2) is 24.3 Å². The zero-order valence-corrected chi connectivity index (χ0v) is 12.5. The molecule has 0 aromatic heterocycles. The molecule has 0 fully saturated rings. The van der Waals surface area contributed by atoms with Gasteiger partial charge in [0.25, 0.3) is 0 Å². The number of anilines is 1. The quantitative estimate of drug-likeness (QED) is 0.877. The molecular weight excluding hydrogens is 234 g/mol. The fraction of sp³-hybridized carbons (Fsp3) is 0.647. The van der Waals surface area contributed by atoms with E-state index in [1.165, 1.54) is 17.7 Å². The van der Waals surface area contributed by atoms with E-state index in [0.717, 1.165) is 25.9 Å². The first kappa shape index (κ1) is 14.4. The van der Waals surface area contributed by atoms with Crippen molar-refractivity contribution in [2.24, 2.45) is 11.3 Å². The third-order valence-corrected chi connectivity index (χ3v) is 4.79. The first-order valence-electron chi connectivity index (χ1n) is 7.58. The maximum absolute atomic E-state index is 9.79. The molecule has 106 valence electrons. The minimum absolute atomic E-state index is 0.0458. The predicted molar refractivity (Wildman–Crippen MR) is 81.6 cm³/mol. The molecule has 2 nitrogen and oxygen atoms in total. The molecule has 1 aliphatic rings. The minimum Gasteiger partial charge on any atom is -0.396 e. The lowest BCUT2D eigenvalue weighted by Crippen LogP contribution is -2.44. The van der Waals surface area contributed by atoms with Crippen molar-refractivity contribution in [3.8, 4) is 0 Å². The zero-order valence-electron chi connectivity index (χ0n) is 12.5. The molecule has 2 heteroatoms. The average molecular weight is 261 g/mol. The fourth-order valence-corrected chi connectivity index (χ4v) is 3.21. The topological polar surface area (TPSA) is 23.5 Å². The van der Waals surface area contributed by atoms with Gasteiger partial charge in [-0.2, -0.15) is 0 Å². The van der Waals surface area contributed by atoms with Crippen LogP contribution in [0.4, 0.5) is 5.69 Å². The maximum atomic E-state index is 9.79. The number of para-hydroxylation sites is 1. The van der Waals surface area contributed by atoms with Crippen molar-refractivity contribution >= 4 is 5.69 Å². The van der Waals surface area contributed by atoms with E-state index in [4.69, 9.17) is 0 Å². The summed E-state index contributed by atoms with van der Waals surface area (Å²) in [4.78, 5) is 2.49. The highest BCUT2D eigenvalue weighted by Crippen LogP contribution is 2.34. The zero-order chi connectivity index (χ0) is 13.9. The molecule has 0 amide bonds. The van der Waals surface area contributed by atoms with Gasteiger partial charge in [-0.1, -0.05) is 39.0 Å². The highest BCUT2D eigenvalue weighted by molar-refractivity contribution is 5.55. The Kier molecular flexibility index (Phi) is 4.51. The van der Waals surface area contributed by atoms with Crippen LogP contribution >= 0.6 is 0 Å². The summed E-state index contributed by atoms with van der Waals surface area (Å²) < 4.78 is 0. The van der Waals surface area contributed by atoms with Crippen molar-refractivity contribution in [3.05, 3.63) is 29.8 Å². The molecular formula is C17H27NO. The molecule has 1 aromatic rings. The molecule has 0 bridgehead atoms. The normalized spacial score (nSPS) is 19.4. The Morgan fingerprint density at radius 1 is 1.26 bits per heavy atom. The highest BCUT2D eigenvalue weighted by atomic mass is 16.3. The van der Waals surface area contributed by atoms with E-state index in [-0.39, 0.29) is 12.0 Å². The van der Waals surface area contributed by atoms with Crippen LogP contribution in [0.25, 0.3) is 0 Å². The van der Waals surface area contributed by atoms with Crippen molar-refractivity contribution in [1.29, 1.82) is 0 Å². The summed E-state index contributed by atoms with van der Waals surface area (Å²) >= 11 is 0. The van der Waals surface area contributed by atoms with Gasteiger partial charge in [0.15, 0.2) is 0 Å². The largest absolute Gasteiger partial charge is 0.396 e. The lowest BCUT2D eigenvalue weighted by molar-refractivity contribution is 0.119. The summed E-state index contributed by atoms with van der Waals surface area (Å²) in [5.41, 5.74) is 2.88. The number of rotatable bonds is 5. The van der Waals surface area contributed by atoms with Gasteiger partial charge in [0.1, 0.15) is 0 Å². The van der Waals surface area contributed by atoms with E-state index in [1.54, 1.807) is 0 Å². The van der Waals surface area contributed by atoms with Gasteiger partial charge < -0.3 is 10.0 Å². The molecule has 0 saturated carbocycles. The Labute approximate surface area is 117 Å². The predicted octanol–water partition coefficient (Wildman–Crippen LogP) is 3.48. The van der Waals surface area contributed by atoms with Gasteiger partial charge in [0, 0.05) is 24.2 Å². The number of aliphatic hydroxyl groups is 1. The molecule has 0 saturated heterocycles. The Bertz CT molecular complexity index is 403. The molecule has 0 spiro atoms. The summed E-state index contributed by atoms with van der Waals surface area (Å²) in [6.45, 7) is 9.07. The summed E-state index contributed by atoms with van der Waals surface area (Å²) in [6.07, 6.45) is 3.25. The number of benzene rings is 1. The SMILES string of the molecule is CCC(CC)(CO)CN1CC(C)Cc2ccccc21. The molecule has 1 aliphatic heterocycles. The number of fused-ring (bicyclic) bond motifs is 1.